The first kappa shape index (κ1) is 23.6. The van der Waals surface area contributed by atoms with Gasteiger partial charge < -0.3 is 14.4 Å². The van der Waals surface area contributed by atoms with Crippen LogP contribution in [0.3, 0.4) is 0 Å². The van der Waals surface area contributed by atoms with Gasteiger partial charge in [0.25, 0.3) is 5.56 Å². The van der Waals surface area contributed by atoms with E-state index in [2.05, 4.69) is 4.98 Å². The minimum Gasteiger partial charge on any atom is -0.493 e. The molecule has 7 nitrogen and oxygen atoms in total. The molecule has 1 aliphatic heterocycles. The molecule has 0 N–H and O–H groups in total. The summed E-state index contributed by atoms with van der Waals surface area (Å²) in [5.41, 5.74) is 0.543. The number of fused-ring (bicyclic) bond motifs is 2. The Kier molecular flexibility index (Phi) is 6.49. The Labute approximate surface area is 193 Å². The molecule has 10 heteroatoms. The van der Waals surface area contributed by atoms with Crippen LogP contribution in [0.4, 0.5) is 18.9 Å². The van der Waals surface area contributed by atoms with Crippen molar-refractivity contribution in [3.63, 3.8) is 0 Å². The number of amides is 1. The van der Waals surface area contributed by atoms with Crippen molar-refractivity contribution in [3.05, 3.63) is 58.1 Å². The molecular formula is C24H24F3N3O4. The number of aryl methyl sites for hydroxylation is 2. The Bertz CT molecular complexity index is 1290. The number of halogens is 3. The number of hydrogen-bond acceptors (Lipinski definition) is 5. The topological polar surface area (TPSA) is 73.7 Å². The van der Waals surface area contributed by atoms with Gasteiger partial charge in [0, 0.05) is 31.3 Å². The normalized spacial score (nSPS) is 13.6. The number of anilines is 1. The number of hydrogen-bond donors (Lipinski definition) is 0. The Morgan fingerprint density at radius 1 is 1.12 bits per heavy atom. The third kappa shape index (κ3) is 4.57. The Morgan fingerprint density at radius 3 is 2.56 bits per heavy atom. The van der Waals surface area contributed by atoms with Gasteiger partial charge in [-0.3, -0.25) is 14.2 Å². The number of nitrogens with zero attached hydrogens (tertiary/aromatic N) is 3. The summed E-state index contributed by atoms with van der Waals surface area (Å²) >= 11 is 0. The van der Waals surface area contributed by atoms with Gasteiger partial charge in [0.1, 0.15) is 0 Å². The van der Waals surface area contributed by atoms with Crippen LogP contribution in [0.1, 0.15) is 30.4 Å². The quantitative estimate of drug-likeness (QED) is 0.535. The number of benzene rings is 2. The molecule has 180 valence electrons. The molecule has 0 atom stereocenters. The summed E-state index contributed by atoms with van der Waals surface area (Å²) in [6, 6.07) is 6.70. The van der Waals surface area contributed by atoms with Crippen LogP contribution in [-0.4, -0.2) is 36.2 Å². The molecule has 0 saturated carbocycles. The van der Waals surface area contributed by atoms with E-state index >= 15 is 0 Å². The summed E-state index contributed by atoms with van der Waals surface area (Å²) in [6.45, 7) is 0.728. The smallest absolute Gasteiger partial charge is 0.416 e. The molecule has 34 heavy (non-hydrogen) atoms. The fourth-order valence-electron chi connectivity index (χ4n) is 4.21. The van der Waals surface area contributed by atoms with Gasteiger partial charge in [-0.25, -0.2) is 4.98 Å². The number of aromatic nitrogens is 2. The second kappa shape index (κ2) is 9.36. The molecule has 2 aromatic carbocycles. The van der Waals surface area contributed by atoms with Crippen molar-refractivity contribution in [1.29, 1.82) is 0 Å². The lowest BCUT2D eigenvalue weighted by atomic mass is 9.98. The highest BCUT2D eigenvalue weighted by molar-refractivity contribution is 5.94. The molecule has 1 amide bonds. The van der Waals surface area contributed by atoms with E-state index in [1.165, 1.54) is 36.1 Å². The molecule has 0 aliphatic carbocycles. The van der Waals surface area contributed by atoms with Crippen LogP contribution in [0.5, 0.6) is 11.5 Å². The Balaban J connectivity index is 1.47. The molecule has 0 bridgehead atoms. The van der Waals surface area contributed by atoms with Crippen molar-refractivity contribution in [1.82, 2.24) is 9.55 Å². The molecule has 0 spiro atoms. The van der Waals surface area contributed by atoms with Crippen LogP contribution < -0.4 is 19.9 Å². The van der Waals surface area contributed by atoms with E-state index < -0.39 is 11.7 Å². The number of carbonyl (C=O) groups is 1. The number of alkyl halides is 3. The van der Waals surface area contributed by atoms with Gasteiger partial charge in [0.05, 0.1) is 37.0 Å². The number of ether oxygens (including phenoxy) is 2. The summed E-state index contributed by atoms with van der Waals surface area (Å²) in [4.78, 5) is 31.6. The van der Waals surface area contributed by atoms with Gasteiger partial charge in [0.15, 0.2) is 11.5 Å². The molecule has 2 heterocycles. The van der Waals surface area contributed by atoms with Crippen molar-refractivity contribution in [2.24, 2.45) is 0 Å². The molecule has 1 aliphatic rings. The first-order chi connectivity index (χ1) is 16.2. The average molecular weight is 475 g/mol. The zero-order valence-electron chi connectivity index (χ0n) is 18.8. The first-order valence-electron chi connectivity index (χ1n) is 10.8. The van der Waals surface area contributed by atoms with Gasteiger partial charge in [0.2, 0.25) is 5.91 Å². The van der Waals surface area contributed by atoms with Crippen molar-refractivity contribution >= 4 is 22.5 Å². The predicted octanol–water partition coefficient (Wildman–Crippen LogP) is 4.19. The molecule has 0 saturated heterocycles. The largest absolute Gasteiger partial charge is 0.493 e. The second-order valence-electron chi connectivity index (χ2n) is 8.06. The highest BCUT2D eigenvalue weighted by Crippen LogP contribution is 2.35. The average Bonchev–Trinajstić information content (AvgIpc) is 2.83. The maximum absolute atomic E-state index is 13.0. The molecule has 0 fully saturated rings. The molecule has 3 aromatic rings. The lowest BCUT2D eigenvalue weighted by molar-refractivity contribution is -0.137. The van der Waals surface area contributed by atoms with Crippen LogP contribution in [0, 0.1) is 0 Å². The number of rotatable bonds is 6. The summed E-state index contributed by atoms with van der Waals surface area (Å²) in [5.74, 6) is 0.697. The lowest BCUT2D eigenvalue weighted by Gasteiger charge is -2.30. The van der Waals surface area contributed by atoms with Gasteiger partial charge in [-0.05, 0) is 49.1 Å². The van der Waals surface area contributed by atoms with Gasteiger partial charge >= 0.3 is 6.18 Å². The summed E-state index contributed by atoms with van der Waals surface area (Å²) in [7, 11) is 2.98. The van der Waals surface area contributed by atoms with E-state index in [4.69, 9.17) is 9.47 Å². The van der Waals surface area contributed by atoms with Gasteiger partial charge in [-0.15, -0.1) is 0 Å². The second-order valence-corrected chi connectivity index (χ2v) is 8.06. The van der Waals surface area contributed by atoms with E-state index in [9.17, 15) is 22.8 Å². The lowest BCUT2D eigenvalue weighted by Crippen LogP contribution is -2.35. The monoisotopic (exact) mass is 475 g/mol. The summed E-state index contributed by atoms with van der Waals surface area (Å²) in [5, 5.41) is 0.372. The van der Waals surface area contributed by atoms with E-state index in [-0.39, 0.29) is 24.4 Å². The number of methoxy groups -OCH3 is 2. The minimum absolute atomic E-state index is 0.150. The number of carbonyl (C=O) groups excluding carboxylic acids is 1. The van der Waals surface area contributed by atoms with Gasteiger partial charge in [-0.1, -0.05) is 0 Å². The predicted molar refractivity (Wildman–Crippen MR) is 120 cm³/mol. The maximum Gasteiger partial charge on any atom is 0.416 e. The zero-order valence-corrected chi connectivity index (χ0v) is 18.8. The Hall–Kier alpha value is -3.56. The van der Waals surface area contributed by atoms with Crippen LogP contribution in [-0.2, 0) is 23.9 Å². The standard InChI is InChI=1S/C24H24F3N3O4/c1-33-20-12-17-18(13-21(20)34-2)28-14-29(23(17)32)9-4-6-22(31)30-10-3-5-15-11-16(24(25,26)27)7-8-19(15)30/h7-8,11-14H,3-6,9-10H2,1-2H3. The summed E-state index contributed by atoms with van der Waals surface area (Å²) in [6.07, 6.45) is -1.37. The van der Waals surface area contributed by atoms with Crippen molar-refractivity contribution in [2.75, 3.05) is 25.7 Å². The van der Waals surface area contributed by atoms with Crippen molar-refractivity contribution in [3.8, 4) is 11.5 Å². The van der Waals surface area contributed by atoms with E-state index in [0.29, 0.717) is 59.5 Å². The highest BCUT2D eigenvalue weighted by atomic mass is 19.4. The fraction of sp³-hybridized carbons (Fsp3) is 0.375. The van der Waals surface area contributed by atoms with Gasteiger partial charge in [-0.2, -0.15) is 13.2 Å². The van der Waals surface area contributed by atoms with Crippen molar-refractivity contribution < 1.29 is 27.4 Å². The van der Waals surface area contributed by atoms with E-state index in [1.54, 1.807) is 12.1 Å². The third-order valence-electron chi connectivity index (χ3n) is 5.95. The third-order valence-corrected chi connectivity index (χ3v) is 5.95. The molecule has 0 radical (unpaired) electrons. The van der Waals surface area contributed by atoms with E-state index in [0.717, 1.165) is 12.1 Å². The van der Waals surface area contributed by atoms with Crippen LogP contribution in [0.2, 0.25) is 0 Å². The zero-order chi connectivity index (χ0) is 24.5. The molecule has 0 unspecified atom stereocenters. The minimum atomic E-state index is -4.42. The maximum atomic E-state index is 13.0. The van der Waals surface area contributed by atoms with Crippen LogP contribution >= 0.6 is 0 Å². The Morgan fingerprint density at radius 2 is 1.85 bits per heavy atom. The first-order valence-corrected chi connectivity index (χ1v) is 10.8. The molecular weight excluding hydrogens is 451 g/mol. The van der Waals surface area contributed by atoms with Crippen LogP contribution in [0.15, 0.2) is 41.5 Å². The fourth-order valence-corrected chi connectivity index (χ4v) is 4.21. The summed E-state index contributed by atoms with van der Waals surface area (Å²) < 4.78 is 51.0. The highest BCUT2D eigenvalue weighted by Gasteiger charge is 2.32. The molecule has 1 aromatic heterocycles. The van der Waals surface area contributed by atoms with Crippen LogP contribution in [0.25, 0.3) is 10.9 Å². The van der Waals surface area contributed by atoms with Crippen molar-refractivity contribution in [2.45, 2.75) is 38.4 Å². The SMILES string of the molecule is COc1cc2ncn(CCCC(=O)N3CCCc4cc(C(F)(F)F)ccc43)c(=O)c2cc1OC. The molecule has 4 rings (SSSR count). The van der Waals surface area contributed by atoms with E-state index in [1.807, 2.05) is 0 Å².